The summed E-state index contributed by atoms with van der Waals surface area (Å²) in [7, 11) is -1.15. The normalized spacial score (nSPS) is 22.2. The number of benzene rings is 2. The minimum Gasteiger partial charge on any atom is -1.00 e. The van der Waals surface area contributed by atoms with Crippen molar-refractivity contribution >= 4 is 19.9 Å². The summed E-state index contributed by atoms with van der Waals surface area (Å²) in [4.78, 5) is 4.62. The maximum atomic E-state index is 4.62. The molecular formula is C33H36Cl2NSiZr. The molecule has 0 N–H and O–H groups in total. The van der Waals surface area contributed by atoms with Crippen molar-refractivity contribution < 1.29 is 49.5 Å². The van der Waals surface area contributed by atoms with Crippen molar-refractivity contribution in [1.29, 1.82) is 0 Å². The zero-order valence-corrected chi connectivity index (χ0v) is 28.1. The van der Waals surface area contributed by atoms with Gasteiger partial charge in [0.2, 0.25) is 0 Å². The second kappa shape index (κ2) is 11.3. The molecule has 1 fully saturated rings. The van der Waals surface area contributed by atoms with E-state index in [0.717, 1.165) is 5.92 Å². The molecule has 38 heavy (non-hydrogen) atoms. The molecular weight excluding hydrogens is 601 g/mol. The molecule has 2 aromatic carbocycles. The van der Waals surface area contributed by atoms with E-state index >= 15 is 0 Å². The number of nitrogens with zero attached hydrogens (tertiary/aromatic N) is 1. The summed E-state index contributed by atoms with van der Waals surface area (Å²) < 4.78 is 0.652. The van der Waals surface area contributed by atoms with Crippen molar-refractivity contribution in [3.05, 3.63) is 98.0 Å². The molecule has 0 aromatic heterocycles. The Morgan fingerprint density at radius 3 is 2.16 bits per heavy atom. The number of rotatable bonds is 2. The molecule has 3 aliphatic heterocycles. The molecule has 0 spiro atoms. The Hall–Kier alpha value is -1.25. The van der Waals surface area contributed by atoms with Gasteiger partial charge in [-0.05, 0) is 35.9 Å². The summed E-state index contributed by atoms with van der Waals surface area (Å²) in [6.07, 6.45) is 11.6. The van der Waals surface area contributed by atoms with Crippen molar-refractivity contribution in [3.63, 3.8) is 0 Å². The molecule has 3 aliphatic carbocycles. The van der Waals surface area contributed by atoms with Crippen LogP contribution in [0.2, 0.25) is 13.1 Å². The van der Waals surface area contributed by atoms with Gasteiger partial charge < -0.3 is 24.8 Å². The maximum absolute atomic E-state index is 4.62. The maximum Gasteiger partial charge on any atom is 0.116 e. The van der Waals surface area contributed by atoms with Gasteiger partial charge in [0.05, 0.1) is 5.70 Å². The standard InChI is InChI=1S/C22H23.C11H13NSi.2ClH.Zr/c1-16-14-20-8-5-9-21(22(20)15-16)19-12-10-18(11-13-19)17-6-3-2-4-7-17;1-6-5-8-9(12-6)11-7(2)10(8)13(11,3)4;;;/h5,8-15,17H,2-4,6-7H2,1H3;5H,1-4H3;2*1H;/q;;;;+2/p-2. The molecule has 8 rings (SSSR count). The van der Waals surface area contributed by atoms with Crippen LogP contribution in [0.3, 0.4) is 0 Å². The number of allylic oxidation sites excluding steroid dienone is 5. The molecule has 0 radical (unpaired) electrons. The summed E-state index contributed by atoms with van der Waals surface area (Å²) in [5.41, 5.74) is 14.3. The number of hydrogen-bond acceptors (Lipinski definition) is 1. The second-order valence-corrected chi connectivity index (χ2v) is 17.4. The molecule has 3 heterocycles. The Morgan fingerprint density at radius 1 is 0.842 bits per heavy atom. The molecule has 5 heteroatoms. The quantitative estimate of drug-likeness (QED) is 0.450. The minimum atomic E-state index is -1.15. The zero-order chi connectivity index (χ0) is 25.2. The van der Waals surface area contributed by atoms with Crippen molar-refractivity contribution in [2.75, 3.05) is 0 Å². The van der Waals surface area contributed by atoms with Crippen LogP contribution in [0.15, 0.2) is 86.3 Å². The summed E-state index contributed by atoms with van der Waals surface area (Å²) in [5.74, 6) is 0.797. The Morgan fingerprint density at radius 2 is 1.53 bits per heavy atom. The third kappa shape index (κ3) is 4.81. The zero-order valence-electron chi connectivity index (χ0n) is 23.1. The van der Waals surface area contributed by atoms with E-state index in [1.54, 1.807) is 40.7 Å². The van der Waals surface area contributed by atoms with Gasteiger partial charge in [0.1, 0.15) is 8.07 Å². The Labute approximate surface area is 257 Å². The first-order chi connectivity index (χ1) is 17.3. The predicted octanol–water partition coefficient (Wildman–Crippen LogP) is 3.19. The molecule has 1 atom stereocenters. The van der Waals surface area contributed by atoms with Gasteiger partial charge in [-0.2, -0.15) is 0 Å². The second-order valence-electron chi connectivity index (χ2n) is 11.7. The van der Waals surface area contributed by atoms with Crippen LogP contribution in [0, 0.1) is 0 Å². The average molecular weight is 637 g/mol. The molecule has 0 saturated heterocycles. The molecule has 0 amide bonds. The van der Waals surface area contributed by atoms with Crippen molar-refractivity contribution in [3.8, 4) is 11.1 Å². The molecule has 1 nitrogen and oxygen atoms in total. The van der Waals surface area contributed by atoms with E-state index < -0.39 is 8.07 Å². The van der Waals surface area contributed by atoms with E-state index in [4.69, 9.17) is 0 Å². The van der Waals surface area contributed by atoms with Crippen LogP contribution >= 0.6 is 0 Å². The minimum absolute atomic E-state index is 0. The van der Waals surface area contributed by atoms with Crippen LogP contribution in [0.25, 0.3) is 17.2 Å². The van der Waals surface area contributed by atoms with Crippen molar-refractivity contribution in [2.45, 2.75) is 75.5 Å². The van der Waals surface area contributed by atoms with Gasteiger partial charge in [-0.15, -0.1) is 0 Å². The Bertz CT molecular complexity index is 1420. The van der Waals surface area contributed by atoms with Gasteiger partial charge in [-0.1, -0.05) is 13.1 Å². The average Bonchev–Trinajstić information content (AvgIpc) is 3.53. The molecule has 195 valence electrons. The topological polar surface area (TPSA) is 12.4 Å². The Balaban J connectivity index is 0.000000191. The fraction of sp³-hybridized carbons (Fsp3) is 0.364. The van der Waals surface area contributed by atoms with Gasteiger partial charge in [-0.3, -0.25) is 4.99 Å². The van der Waals surface area contributed by atoms with Gasteiger partial charge in [0.15, 0.2) is 0 Å². The molecule has 2 bridgehead atoms. The molecule has 1 unspecified atom stereocenters. The fourth-order valence-electron chi connectivity index (χ4n) is 7.24. The van der Waals surface area contributed by atoms with E-state index in [9.17, 15) is 0 Å². The summed E-state index contributed by atoms with van der Waals surface area (Å²) >= 11 is 1.60. The molecule has 2 aromatic rings. The van der Waals surface area contributed by atoms with Crippen molar-refractivity contribution in [2.24, 2.45) is 4.99 Å². The van der Waals surface area contributed by atoms with Gasteiger partial charge >= 0.3 is 155 Å². The van der Waals surface area contributed by atoms with Crippen LogP contribution in [0.4, 0.5) is 0 Å². The summed E-state index contributed by atoms with van der Waals surface area (Å²) in [6, 6.07) is 16.3. The molecule has 1 saturated carbocycles. The first-order valence-electron chi connectivity index (χ1n) is 13.6. The summed E-state index contributed by atoms with van der Waals surface area (Å²) in [6.45, 7) is 11.5. The third-order valence-electron chi connectivity index (χ3n) is 8.98. The van der Waals surface area contributed by atoms with E-state index in [-0.39, 0.29) is 24.8 Å². The van der Waals surface area contributed by atoms with Crippen molar-refractivity contribution in [1.82, 2.24) is 0 Å². The largest absolute Gasteiger partial charge is 1.00 e. The number of halogens is 2. The van der Waals surface area contributed by atoms with E-state index in [0.29, 0.717) is 3.63 Å². The van der Waals surface area contributed by atoms with Crippen LogP contribution in [0.5, 0.6) is 0 Å². The SMILES string of the molecule is CC1=Cc2c(-c3ccc(C4CCCCC4)cc3)cccc2[CH]1[Zr+2].CC1=NC2=C3C(C)=C(C2=C1)[Si]3(C)C.[Cl-].[Cl-]. The summed E-state index contributed by atoms with van der Waals surface area (Å²) in [5, 5.41) is 3.28. The molecule has 6 aliphatic rings. The van der Waals surface area contributed by atoms with E-state index in [1.807, 2.05) is 0 Å². The van der Waals surface area contributed by atoms with E-state index in [2.05, 4.69) is 93.5 Å². The van der Waals surface area contributed by atoms with Crippen LogP contribution in [-0.4, -0.2) is 13.8 Å². The van der Waals surface area contributed by atoms with Gasteiger partial charge in [-0.25, -0.2) is 0 Å². The number of aliphatic imine (C=N–C) groups is 1. The smallest absolute Gasteiger partial charge is 0.116 e. The van der Waals surface area contributed by atoms with Gasteiger partial charge in [0, 0.05) is 11.3 Å². The monoisotopic (exact) mass is 634 g/mol. The fourth-order valence-corrected chi connectivity index (χ4v) is 11.9. The number of hydrogen-bond donors (Lipinski definition) is 0. The van der Waals surface area contributed by atoms with E-state index in [1.165, 1.54) is 82.5 Å². The van der Waals surface area contributed by atoms with Crippen LogP contribution in [0.1, 0.15) is 79.1 Å². The first-order valence-corrected chi connectivity index (χ1v) is 18.1. The van der Waals surface area contributed by atoms with Crippen LogP contribution in [-0.2, 0) is 24.7 Å². The van der Waals surface area contributed by atoms with Gasteiger partial charge in [0.25, 0.3) is 0 Å². The third-order valence-corrected chi connectivity index (χ3v) is 14.6. The Kier molecular flexibility index (Phi) is 8.86. The predicted molar refractivity (Wildman–Crippen MR) is 152 cm³/mol. The number of fused-ring (bicyclic) bond motifs is 1. The first kappa shape index (κ1) is 29.7. The van der Waals surface area contributed by atoms with Crippen LogP contribution < -0.4 is 24.8 Å².